The maximum Gasteiger partial charge on any atom is 0.227 e. The molecule has 0 spiro atoms. The minimum atomic E-state index is -0.270. The van der Waals surface area contributed by atoms with E-state index in [0.29, 0.717) is 5.89 Å². The van der Waals surface area contributed by atoms with Crippen LogP contribution in [0, 0.1) is 27.7 Å². The second-order valence-electron chi connectivity index (χ2n) is 17.2. The zero-order chi connectivity index (χ0) is 42.5. The van der Waals surface area contributed by atoms with Crippen LogP contribution in [0.5, 0.6) is 0 Å². The summed E-state index contributed by atoms with van der Waals surface area (Å²) in [6, 6.07) is 62.8. The Morgan fingerprint density at radius 1 is 0.484 bits per heavy atom. The summed E-state index contributed by atoms with van der Waals surface area (Å²) in [7, 11) is 0. The van der Waals surface area contributed by atoms with Crippen LogP contribution in [0.4, 0.5) is 39.8 Å². The van der Waals surface area contributed by atoms with Crippen LogP contribution in [0.1, 0.15) is 52.8 Å². The van der Waals surface area contributed by atoms with Gasteiger partial charge in [-0.25, -0.2) is 4.98 Å². The Balaban J connectivity index is 1.03. The third-order valence-electron chi connectivity index (χ3n) is 12.0. The number of rotatable bonds is 9. The monoisotopic (exact) mass is 804 g/mol. The van der Waals surface area contributed by atoms with E-state index < -0.39 is 0 Å². The molecule has 0 amide bonds. The standard InChI is InChI=1S/C57H48N4O/c1-37-28-38(2)31-48(30-37)60(44-20-16-41(17-21-44)36-58-43-12-8-7-9-13-43)46-24-26-50-51-27-25-47(35-53(51)57(5,6)52(50)34-46)61(49-32-39(3)29-40(4)33-49)45-22-18-42(19-23-45)56-59-54-14-10-11-15-55(54)62-56/h7-36H,1-6H3. The Morgan fingerprint density at radius 2 is 0.968 bits per heavy atom. The molecule has 0 aliphatic heterocycles. The van der Waals surface area contributed by atoms with E-state index in [4.69, 9.17) is 14.4 Å². The molecule has 302 valence electrons. The smallest absolute Gasteiger partial charge is 0.227 e. The van der Waals surface area contributed by atoms with Crippen LogP contribution in [0.2, 0.25) is 0 Å². The molecule has 1 aliphatic rings. The van der Waals surface area contributed by atoms with Crippen LogP contribution in [-0.2, 0) is 5.41 Å². The molecule has 5 nitrogen and oxygen atoms in total. The highest BCUT2D eigenvalue weighted by atomic mass is 16.3. The van der Waals surface area contributed by atoms with E-state index in [1.54, 1.807) is 0 Å². The van der Waals surface area contributed by atoms with E-state index in [-0.39, 0.29) is 5.41 Å². The average Bonchev–Trinajstić information content (AvgIpc) is 3.80. The van der Waals surface area contributed by atoms with Crippen molar-refractivity contribution in [2.45, 2.75) is 47.0 Å². The normalized spacial score (nSPS) is 12.7. The molecular weight excluding hydrogens is 757 g/mol. The average molecular weight is 805 g/mol. The minimum absolute atomic E-state index is 0.270. The van der Waals surface area contributed by atoms with Gasteiger partial charge in [0.1, 0.15) is 5.52 Å². The van der Waals surface area contributed by atoms with Crippen LogP contribution in [0.15, 0.2) is 185 Å². The fourth-order valence-corrected chi connectivity index (χ4v) is 9.17. The fourth-order valence-electron chi connectivity index (χ4n) is 9.17. The third kappa shape index (κ3) is 7.26. The summed E-state index contributed by atoms with van der Waals surface area (Å²) in [6.07, 6.45) is 1.93. The van der Waals surface area contributed by atoms with Crippen molar-refractivity contribution in [2.24, 2.45) is 4.99 Å². The number of para-hydroxylation sites is 3. The van der Waals surface area contributed by atoms with E-state index >= 15 is 0 Å². The molecule has 0 unspecified atom stereocenters. The van der Waals surface area contributed by atoms with Crippen molar-refractivity contribution < 1.29 is 4.42 Å². The number of fused-ring (bicyclic) bond motifs is 4. The van der Waals surface area contributed by atoms with Crippen molar-refractivity contribution in [3.63, 3.8) is 0 Å². The van der Waals surface area contributed by atoms with Gasteiger partial charge in [-0.15, -0.1) is 0 Å². The second kappa shape index (κ2) is 15.5. The SMILES string of the molecule is Cc1cc(C)cc(N(c2ccc(C=Nc3ccccc3)cc2)c2ccc3c(c2)C(C)(C)c2cc(N(c4ccc(-c5nc6ccccc6o5)cc4)c4cc(C)cc(C)c4)ccc2-3)c1. The zero-order valence-corrected chi connectivity index (χ0v) is 36.0. The van der Waals surface area contributed by atoms with E-state index in [2.05, 4.69) is 173 Å². The largest absolute Gasteiger partial charge is 0.436 e. The van der Waals surface area contributed by atoms with Gasteiger partial charge in [-0.1, -0.05) is 80.6 Å². The number of oxazole rings is 1. The summed E-state index contributed by atoms with van der Waals surface area (Å²) >= 11 is 0. The highest BCUT2D eigenvalue weighted by molar-refractivity contribution is 5.89. The summed E-state index contributed by atoms with van der Waals surface area (Å²) in [5, 5.41) is 0. The van der Waals surface area contributed by atoms with Gasteiger partial charge in [0, 0.05) is 51.3 Å². The molecule has 1 aromatic heterocycles. The van der Waals surface area contributed by atoms with Gasteiger partial charge in [0.15, 0.2) is 5.58 Å². The van der Waals surface area contributed by atoms with Gasteiger partial charge in [-0.05, 0) is 187 Å². The number of hydrogen-bond donors (Lipinski definition) is 0. The summed E-state index contributed by atoms with van der Waals surface area (Å²) in [6.45, 7) is 13.4. The van der Waals surface area contributed by atoms with Crippen molar-refractivity contribution in [3.05, 3.63) is 215 Å². The topological polar surface area (TPSA) is 44.9 Å². The first kappa shape index (κ1) is 38.7. The maximum atomic E-state index is 6.14. The minimum Gasteiger partial charge on any atom is -0.436 e. The molecule has 1 heterocycles. The molecule has 0 saturated carbocycles. The van der Waals surface area contributed by atoms with E-state index in [1.165, 1.54) is 44.5 Å². The number of aryl methyl sites for hydroxylation is 4. The molecule has 0 atom stereocenters. The predicted molar refractivity (Wildman–Crippen MR) is 259 cm³/mol. The third-order valence-corrected chi connectivity index (χ3v) is 12.0. The Kier molecular flexibility index (Phi) is 9.68. The highest BCUT2D eigenvalue weighted by Crippen LogP contribution is 2.52. The molecule has 62 heavy (non-hydrogen) atoms. The lowest BCUT2D eigenvalue weighted by Gasteiger charge is -2.29. The number of aromatic nitrogens is 1. The van der Waals surface area contributed by atoms with E-state index in [9.17, 15) is 0 Å². The van der Waals surface area contributed by atoms with E-state index in [0.717, 1.165) is 62.0 Å². The van der Waals surface area contributed by atoms with Crippen LogP contribution in [0.3, 0.4) is 0 Å². The van der Waals surface area contributed by atoms with Crippen molar-refractivity contribution >= 4 is 57.1 Å². The van der Waals surface area contributed by atoms with Gasteiger partial charge in [0.25, 0.3) is 0 Å². The van der Waals surface area contributed by atoms with Crippen molar-refractivity contribution in [2.75, 3.05) is 9.80 Å². The zero-order valence-electron chi connectivity index (χ0n) is 36.0. The molecular formula is C57H48N4O. The Bertz CT molecular complexity index is 3070. The van der Waals surface area contributed by atoms with E-state index in [1.807, 2.05) is 60.8 Å². The second-order valence-corrected chi connectivity index (χ2v) is 17.2. The molecule has 0 N–H and O–H groups in total. The summed E-state index contributed by atoms with van der Waals surface area (Å²) in [4.78, 5) is 14.2. The first-order valence-electron chi connectivity index (χ1n) is 21.3. The Labute approximate surface area is 364 Å². The molecule has 0 fully saturated rings. The summed E-state index contributed by atoms with van der Waals surface area (Å²) < 4.78 is 6.14. The number of hydrogen-bond acceptors (Lipinski definition) is 5. The number of nitrogens with zero attached hydrogens (tertiary/aromatic N) is 4. The number of anilines is 6. The van der Waals surface area contributed by atoms with Crippen LogP contribution >= 0.6 is 0 Å². The Morgan fingerprint density at radius 3 is 1.50 bits per heavy atom. The van der Waals surface area contributed by atoms with Crippen molar-refractivity contribution in [1.82, 2.24) is 4.98 Å². The van der Waals surface area contributed by atoms with Gasteiger partial charge in [-0.3, -0.25) is 4.99 Å². The first-order valence-corrected chi connectivity index (χ1v) is 21.3. The van der Waals surface area contributed by atoms with Crippen LogP contribution in [0.25, 0.3) is 33.7 Å². The lowest BCUT2D eigenvalue weighted by Crippen LogP contribution is -2.18. The molecule has 0 radical (unpaired) electrons. The van der Waals surface area contributed by atoms with Crippen molar-refractivity contribution in [3.8, 4) is 22.6 Å². The molecule has 0 bridgehead atoms. The van der Waals surface area contributed by atoms with Gasteiger partial charge in [0.2, 0.25) is 5.89 Å². The van der Waals surface area contributed by atoms with Crippen LogP contribution in [-0.4, -0.2) is 11.2 Å². The van der Waals surface area contributed by atoms with Gasteiger partial charge in [-0.2, -0.15) is 0 Å². The highest BCUT2D eigenvalue weighted by Gasteiger charge is 2.37. The summed E-state index contributed by atoms with van der Waals surface area (Å²) in [5.74, 6) is 0.619. The lowest BCUT2D eigenvalue weighted by atomic mass is 9.82. The molecule has 1 aliphatic carbocycles. The molecule has 0 saturated heterocycles. The maximum absolute atomic E-state index is 6.14. The molecule has 10 rings (SSSR count). The number of aliphatic imine (C=N–C) groups is 1. The van der Waals surface area contributed by atoms with Gasteiger partial charge < -0.3 is 14.2 Å². The van der Waals surface area contributed by atoms with Gasteiger partial charge in [0.05, 0.1) is 5.69 Å². The quantitative estimate of drug-likeness (QED) is 0.136. The van der Waals surface area contributed by atoms with Gasteiger partial charge >= 0.3 is 0 Å². The summed E-state index contributed by atoms with van der Waals surface area (Å²) in [5.41, 5.74) is 21.0. The van der Waals surface area contributed by atoms with Crippen molar-refractivity contribution in [1.29, 1.82) is 0 Å². The van der Waals surface area contributed by atoms with Crippen LogP contribution < -0.4 is 9.80 Å². The lowest BCUT2D eigenvalue weighted by molar-refractivity contribution is 0.620. The fraction of sp³-hybridized carbons (Fsp3) is 0.123. The Hall–Kier alpha value is -7.50. The number of benzene rings is 8. The molecule has 8 aromatic carbocycles. The molecule has 5 heteroatoms. The predicted octanol–water partition coefficient (Wildman–Crippen LogP) is 15.7. The molecule has 9 aromatic rings. The first-order chi connectivity index (χ1) is 30.1.